The van der Waals surface area contributed by atoms with Crippen molar-refractivity contribution in [2.75, 3.05) is 31.7 Å². The molecule has 0 amide bonds. The van der Waals surface area contributed by atoms with Crippen LogP contribution >= 0.6 is 0 Å². The van der Waals surface area contributed by atoms with Crippen LogP contribution in [-0.2, 0) is 9.53 Å². The smallest absolute Gasteiger partial charge is 0.333 e. The molecular formula is C13H16N2O6. The molecule has 1 fully saturated rings. The molecule has 0 saturated carbocycles. The summed E-state index contributed by atoms with van der Waals surface area (Å²) in [4.78, 5) is 23.3. The van der Waals surface area contributed by atoms with E-state index in [1.54, 1.807) is 17.0 Å². The Labute approximate surface area is 121 Å². The first-order chi connectivity index (χ1) is 10.0. The summed E-state index contributed by atoms with van der Waals surface area (Å²) in [5.41, 5.74) is 0.300. The summed E-state index contributed by atoms with van der Waals surface area (Å²) in [5, 5.41) is 20.1. The van der Waals surface area contributed by atoms with Crippen LogP contribution in [0.5, 0.6) is 5.75 Å². The molecule has 2 rings (SSSR count). The van der Waals surface area contributed by atoms with Crippen molar-refractivity contribution in [1.29, 1.82) is 0 Å². The van der Waals surface area contributed by atoms with Gasteiger partial charge in [0.1, 0.15) is 5.69 Å². The lowest BCUT2D eigenvalue weighted by molar-refractivity contribution is -0.385. The lowest BCUT2D eigenvalue weighted by Gasteiger charge is -2.33. The summed E-state index contributed by atoms with van der Waals surface area (Å²) >= 11 is 0. The molecule has 1 saturated heterocycles. The molecule has 1 aliphatic heterocycles. The fraction of sp³-hybridized carbons (Fsp3) is 0.462. The quantitative estimate of drug-likeness (QED) is 0.645. The van der Waals surface area contributed by atoms with Crippen LogP contribution in [0.3, 0.4) is 0 Å². The van der Waals surface area contributed by atoms with E-state index in [1.165, 1.54) is 13.2 Å². The van der Waals surface area contributed by atoms with E-state index < -0.39 is 17.0 Å². The maximum absolute atomic E-state index is 11.3. The average Bonchev–Trinajstić information content (AvgIpc) is 2.45. The highest BCUT2D eigenvalue weighted by atomic mass is 16.6. The largest absolute Gasteiger partial charge is 0.490 e. The van der Waals surface area contributed by atoms with Gasteiger partial charge in [0.15, 0.2) is 5.75 Å². The van der Waals surface area contributed by atoms with Crippen LogP contribution in [-0.4, -0.2) is 48.9 Å². The molecule has 1 N–H and O–H groups in total. The number of nitrogens with zero attached hydrogens (tertiary/aromatic N) is 2. The molecule has 0 aromatic heterocycles. The molecule has 8 heteroatoms. The number of carbonyl (C=O) groups is 1. The third-order valence-electron chi connectivity index (χ3n) is 3.26. The van der Waals surface area contributed by atoms with Gasteiger partial charge in [0.25, 0.3) is 0 Å². The van der Waals surface area contributed by atoms with Crippen LogP contribution in [0.2, 0.25) is 0 Å². The van der Waals surface area contributed by atoms with E-state index in [0.29, 0.717) is 25.4 Å². The van der Waals surface area contributed by atoms with E-state index in [1.807, 2.05) is 0 Å². The van der Waals surface area contributed by atoms with E-state index in [2.05, 4.69) is 0 Å². The molecule has 1 aromatic rings. The molecular weight excluding hydrogens is 280 g/mol. The number of hydrogen-bond acceptors (Lipinski definition) is 6. The van der Waals surface area contributed by atoms with Crippen LogP contribution in [0, 0.1) is 10.1 Å². The standard InChI is InChI=1S/C13H16N2O6/c1-20-11-4-2-3-10(13(11)15(18)19)14-5-6-21-9(8-14)7-12(16)17/h2-4,9H,5-8H2,1H3,(H,16,17). The van der Waals surface area contributed by atoms with Crippen molar-refractivity contribution in [2.45, 2.75) is 12.5 Å². The van der Waals surface area contributed by atoms with Gasteiger partial charge < -0.3 is 19.5 Å². The predicted octanol–water partition coefficient (Wildman–Crippen LogP) is 1.28. The summed E-state index contributed by atoms with van der Waals surface area (Å²) in [6.07, 6.45) is -0.615. The Morgan fingerprint density at radius 1 is 1.62 bits per heavy atom. The summed E-state index contributed by atoms with van der Waals surface area (Å²) in [6.45, 7) is 1.08. The molecule has 1 heterocycles. The normalized spacial score (nSPS) is 18.3. The predicted molar refractivity (Wildman–Crippen MR) is 73.9 cm³/mol. The number of nitro benzene ring substituents is 1. The molecule has 0 spiro atoms. The van der Waals surface area contributed by atoms with E-state index in [4.69, 9.17) is 14.6 Å². The van der Waals surface area contributed by atoms with Crippen LogP contribution in [0.25, 0.3) is 0 Å². The zero-order valence-corrected chi connectivity index (χ0v) is 11.5. The van der Waals surface area contributed by atoms with Gasteiger partial charge in [-0.3, -0.25) is 14.9 Å². The Hall–Kier alpha value is -2.35. The molecule has 0 radical (unpaired) electrons. The molecule has 1 unspecified atom stereocenters. The van der Waals surface area contributed by atoms with Gasteiger partial charge in [0.2, 0.25) is 0 Å². The number of ether oxygens (including phenoxy) is 2. The first-order valence-electron chi connectivity index (χ1n) is 6.42. The SMILES string of the molecule is COc1cccc(N2CCOC(CC(=O)O)C2)c1[N+](=O)[O-]. The van der Waals surface area contributed by atoms with Crippen LogP contribution in [0.1, 0.15) is 6.42 Å². The van der Waals surface area contributed by atoms with Crippen molar-refractivity contribution in [3.05, 3.63) is 28.3 Å². The van der Waals surface area contributed by atoms with Crippen LogP contribution < -0.4 is 9.64 Å². The minimum absolute atomic E-state index is 0.115. The molecule has 21 heavy (non-hydrogen) atoms. The van der Waals surface area contributed by atoms with Crippen molar-refractivity contribution < 1.29 is 24.3 Å². The van der Waals surface area contributed by atoms with E-state index in [9.17, 15) is 14.9 Å². The highest BCUT2D eigenvalue weighted by Crippen LogP contribution is 2.37. The highest BCUT2D eigenvalue weighted by molar-refractivity contribution is 5.71. The lowest BCUT2D eigenvalue weighted by Crippen LogP contribution is -2.43. The second kappa shape index (κ2) is 6.40. The third-order valence-corrected chi connectivity index (χ3v) is 3.26. The van der Waals surface area contributed by atoms with Crippen molar-refractivity contribution in [3.63, 3.8) is 0 Å². The van der Waals surface area contributed by atoms with E-state index in [0.717, 1.165) is 0 Å². The number of nitro groups is 1. The van der Waals surface area contributed by atoms with Crippen LogP contribution in [0.15, 0.2) is 18.2 Å². The molecule has 1 atom stereocenters. The van der Waals surface area contributed by atoms with Gasteiger partial charge in [-0.2, -0.15) is 0 Å². The average molecular weight is 296 g/mol. The number of rotatable bonds is 5. The maximum Gasteiger partial charge on any atom is 0.333 e. The third kappa shape index (κ3) is 3.40. The fourth-order valence-corrected chi connectivity index (χ4v) is 2.37. The van der Waals surface area contributed by atoms with Gasteiger partial charge in [0.05, 0.1) is 31.2 Å². The lowest BCUT2D eigenvalue weighted by atomic mass is 10.1. The number of methoxy groups -OCH3 is 1. The van der Waals surface area contributed by atoms with E-state index in [-0.39, 0.29) is 17.9 Å². The first kappa shape index (κ1) is 15.0. The van der Waals surface area contributed by atoms with Crippen molar-refractivity contribution in [2.24, 2.45) is 0 Å². The number of benzene rings is 1. The minimum atomic E-state index is -0.956. The Kier molecular flexibility index (Phi) is 4.59. The van der Waals surface area contributed by atoms with Crippen molar-refractivity contribution in [1.82, 2.24) is 0 Å². The topological polar surface area (TPSA) is 102 Å². The minimum Gasteiger partial charge on any atom is -0.490 e. The fourth-order valence-electron chi connectivity index (χ4n) is 2.37. The van der Waals surface area contributed by atoms with Gasteiger partial charge >= 0.3 is 11.7 Å². The number of para-hydroxylation sites is 1. The van der Waals surface area contributed by atoms with Gasteiger partial charge in [-0.25, -0.2) is 0 Å². The van der Waals surface area contributed by atoms with E-state index >= 15 is 0 Å². The monoisotopic (exact) mass is 296 g/mol. The Morgan fingerprint density at radius 2 is 2.38 bits per heavy atom. The number of anilines is 1. The van der Waals surface area contributed by atoms with Crippen molar-refractivity contribution >= 4 is 17.3 Å². The zero-order valence-electron chi connectivity index (χ0n) is 11.5. The summed E-state index contributed by atoms with van der Waals surface area (Å²) in [6, 6.07) is 4.82. The summed E-state index contributed by atoms with van der Waals surface area (Å²) in [5.74, 6) is -0.777. The first-order valence-corrected chi connectivity index (χ1v) is 6.42. The second-order valence-corrected chi connectivity index (χ2v) is 4.62. The molecule has 0 aliphatic carbocycles. The van der Waals surface area contributed by atoms with Gasteiger partial charge in [0, 0.05) is 13.1 Å². The van der Waals surface area contributed by atoms with Gasteiger partial charge in [-0.15, -0.1) is 0 Å². The molecule has 1 aliphatic rings. The van der Waals surface area contributed by atoms with Crippen LogP contribution in [0.4, 0.5) is 11.4 Å². The van der Waals surface area contributed by atoms with Crippen molar-refractivity contribution in [3.8, 4) is 5.75 Å². The Morgan fingerprint density at radius 3 is 3.00 bits per heavy atom. The highest BCUT2D eigenvalue weighted by Gasteiger charge is 2.29. The number of morpholine rings is 1. The number of carboxylic acid groups (broad SMARTS) is 1. The second-order valence-electron chi connectivity index (χ2n) is 4.62. The van der Waals surface area contributed by atoms with Gasteiger partial charge in [-0.1, -0.05) is 6.07 Å². The Balaban J connectivity index is 2.28. The molecule has 1 aromatic carbocycles. The number of carboxylic acids is 1. The zero-order chi connectivity index (χ0) is 15.4. The summed E-state index contributed by atoms with van der Waals surface area (Å²) < 4.78 is 10.4. The molecule has 114 valence electrons. The molecule has 0 bridgehead atoms. The summed E-state index contributed by atoms with van der Waals surface area (Å²) in [7, 11) is 1.37. The number of aliphatic carboxylic acids is 1. The maximum atomic E-state index is 11.3. The number of hydrogen-bond donors (Lipinski definition) is 1. The Bertz CT molecular complexity index is 547. The van der Waals surface area contributed by atoms with Gasteiger partial charge in [-0.05, 0) is 12.1 Å². The molecule has 8 nitrogen and oxygen atoms in total.